The third-order valence-electron chi connectivity index (χ3n) is 2.18. The molecule has 0 aliphatic carbocycles. The summed E-state index contributed by atoms with van der Waals surface area (Å²) in [6, 6.07) is 0. The molecule has 0 aliphatic heterocycles. The number of allylic oxidation sites excluding steroid dienone is 1. The van der Waals surface area contributed by atoms with Gasteiger partial charge in [-0.05, 0) is 12.5 Å². The van der Waals surface area contributed by atoms with Gasteiger partial charge >= 0.3 is 0 Å². The van der Waals surface area contributed by atoms with Crippen molar-refractivity contribution in [2.75, 3.05) is 6.61 Å². The standard InChI is InChI=1S/C10H16O3/c1-4-9(12)6-10(3,5-2)7-13-8-11/h4,8H,1,5-7H2,2-3H3. The Balaban J connectivity index is 4.17. The Bertz CT molecular complexity index is 198. The third-order valence-corrected chi connectivity index (χ3v) is 2.18. The normalized spacial score (nSPS) is 14.3. The van der Waals surface area contributed by atoms with E-state index in [1.165, 1.54) is 6.08 Å². The van der Waals surface area contributed by atoms with Gasteiger partial charge in [-0.1, -0.05) is 20.4 Å². The highest BCUT2D eigenvalue weighted by Gasteiger charge is 2.25. The molecule has 0 aromatic carbocycles. The lowest BCUT2D eigenvalue weighted by Gasteiger charge is -2.25. The van der Waals surface area contributed by atoms with Crippen LogP contribution >= 0.6 is 0 Å². The van der Waals surface area contributed by atoms with Crippen molar-refractivity contribution in [3.8, 4) is 0 Å². The minimum absolute atomic E-state index is 0.0150. The summed E-state index contributed by atoms with van der Waals surface area (Å²) in [6.07, 6.45) is 2.47. The van der Waals surface area contributed by atoms with Crippen LogP contribution in [0, 0.1) is 5.41 Å². The van der Waals surface area contributed by atoms with Crippen LogP contribution in [-0.2, 0) is 14.3 Å². The molecule has 3 nitrogen and oxygen atoms in total. The van der Waals surface area contributed by atoms with E-state index in [0.29, 0.717) is 12.9 Å². The predicted octanol–water partition coefficient (Wildman–Crippen LogP) is 1.72. The van der Waals surface area contributed by atoms with E-state index in [2.05, 4.69) is 11.3 Å². The second kappa shape index (κ2) is 5.51. The van der Waals surface area contributed by atoms with Gasteiger partial charge in [0.05, 0.1) is 6.61 Å². The van der Waals surface area contributed by atoms with Gasteiger partial charge in [-0.2, -0.15) is 0 Å². The fourth-order valence-corrected chi connectivity index (χ4v) is 1.01. The first-order valence-corrected chi connectivity index (χ1v) is 4.28. The van der Waals surface area contributed by atoms with Crippen LogP contribution in [0.1, 0.15) is 26.7 Å². The molecule has 74 valence electrons. The summed E-state index contributed by atoms with van der Waals surface area (Å²) in [5.41, 5.74) is -0.258. The lowest BCUT2D eigenvalue weighted by Crippen LogP contribution is -2.25. The largest absolute Gasteiger partial charge is 0.467 e. The highest BCUT2D eigenvalue weighted by molar-refractivity contribution is 5.89. The van der Waals surface area contributed by atoms with Crippen molar-refractivity contribution in [3.05, 3.63) is 12.7 Å². The molecule has 0 amide bonds. The van der Waals surface area contributed by atoms with Crippen LogP contribution < -0.4 is 0 Å². The molecule has 0 rings (SSSR count). The van der Waals surface area contributed by atoms with E-state index in [1.807, 2.05) is 13.8 Å². The molecule has 1 unspecified atom stereocenters. The average molecular weight is 184 g/mol. The second-order valence-electron chi connectivity index (χ2n) is 3.42. The van der Waals surface area contributed by atoms with Crippen molar-refractivity contribution in [1.29, 1.82) is 0 Å². The molecule has 1 atom stereocenters. The molecule has 13 heavy (non-hydrogen) atoms. The lowest BCUT2D eigenvalue weighted by molar-refractivity contribution is -0.133. The van der Waals surface area contributed by atoms with Crippen molar-refractivity contribution >= 4 is 12.3 Å². The van der Waals surface area contributed by atoms with Gasteiger partial charge in [0.2, 0.25) is 0 Å². The Morgan fingerprint density at radius 3 is 2.62 bits per heavy atom. The Labute approximate surface area is 78.8 Å². The summed E-state index contributed by atoms with van der Waals surface area (Å²) in [5, 5.41) is 0. The highest BCUT2D eigenvalue weighted by atomic mass is 16.5. The van der Waals surface area contributed by atoms with Crippen molar-refractivity contribution < 1.29 is 14.3 Å². The number of carbonyl (C=O) groups excluding carboxylic acids is 2. The minimum Gasteiger partial charge on any atom is -0.467 e. The van der Waals surface area contributed by atoms with E-state index in [0.717, 1.165) is 6.42 Å². The summed E-state index contributed by atoms with van der Waals surface area (Å²) < 4.78 is 4.67. The zero-order valence-corrected chi connectivity index (χ0v) is 8.21. The van der Waals surface area contributed by atoms with E-state index in [1.54, 1.807) is 0 Å². The second-order valence-corrected chi connectivity index (χ2v) is 3.42. The Morgan fingerprint density at radius 1 is 1.62 bits per heavy atom. The zero-order valence-electron chi connectivity index (χ0n) is 8.21. The van der Waals surface area contributed by atoms with Gasteiger partial charge < -0.3 is 4.74 Å². The number of ether oxygens (including phenoxy) is 1. The van der Waals surface area contributed by atoms with E-state index < -0.39 is 0 Å². The summed E-state index contributed by atoms with van der Waals surface area (Å²) in [4.78, 5) is 21.1. The topological polar surface area (TPSA) is 43.4 Å². The molecular weight excluding hydrogens is 168 g/mol. The van der Waals surface area contributed by atoms with Gasteiger partial charge in [-0.3, -0.25) is 9.59 Å². The molecular formula is C10H16O3. The monoisotopic (exact) mass is 184 g/mol. The van der Waals surface area contributed by atoms with Crippen LogP contribution in [0.5, 0.6) is 0 Å². The zero-order chi connectivity index (χ0) is 10.3. The maximum absolute atomic E-state index is 11.1. The maximum Gasteiger partial charge on any atom is 0.293 e. The summed E-state index contributed by atoms with van der Waals surface area (Å²) in [5.74, 6) is -0.0150. The van der Waals surface area contributed by atoms with Gasteiger partial charge in [-0.15, -0.1) is 0 Å². The van der Waals surface area contributed by atoms with Crippen LogP contribution in [-0.4, -0.2) is 18.9 Å². The van der Waals surface area contributed by atoms with Gasteiger partial charge in [0.25, 0.3) is 6.47 Å². The molecule has 0 N–H and O–H groups in total. The van der Waals surface area contributed by atoms with Gasteiger partial charge in [0, 0.05) is 11.8 Å². The first kappa shape index (κ1) is 11.9. The molecule has 0 fully saturated rings. The Morgan fingerprint density at radius 2 is 2.23 bits per heavy atom. The van der Waals surface area contributed by atoms with E-state index in [9.17, 15) is 9.59 Å². The molecule has 0 saturated carbocycles. The van der Waals surface area contributed by atoms with Crippen LogP contribution in [0.25, 0.3) is 0 Å². The molecule has 0 bridgehead atoms. The molecule has 0 radical (unpaired) electrons. The average Bonchev–Trinajstić information content (AvgIpc) is 2.14. The van der Waals surface area contributed by atoms with Crippen molar-refractivity contribution in [2.45, 2.75) is 26.7 Å². The summed E-state index contributed by atoms with van der Waals surface area (Å²) in [7, 11) is 0. The summed E-state index contributed by atoms with van der Waals surface area (Å²) >= 11 is 0. The van der Waals surface area contributed by atoms with E-state index in [4.69, 9.17) is 0 Å². The minimum atomic E-state index is -0.258. The molecule has 0 aromatic heterocycles. The SMILES string of the molecule is C=CC(=O)CC(C)(CC)COC=O. The number of hydrogen-bond donors (Lipinski definition) is 0. The van der Waals surface area contributed by atoms with Crippen LogP contribution in [0.2, 0.25) is 0 Å². The molecule has 0 heterocycles. The molecule has 0 aromatic rings. The van der Waals surface area contributed by atoms with Crippen LogP contribution in [0.15, 0.2) is 12.7 Å². The smallest absolute Gasteiger partial charge is 0.293 e. The fraction of sp³-hybridized carbons (Fsp3) is 0.600. The molecule has 0 spiro atoms. The van der Waals surface area contributed by atoms with Crippen molar-refractivity contribution in [3.63, 3.8) is 0 Å². The maximum atomic E-state index is 11.1. The highest BCUT2D eigenvalue weighted by Crippen LogP contribution is 2.26. The van der Waals surface area contributed by atoms with Crippen molar-refractivity contribution in [1.82, 2.24) is 0 Å². The van der Waals surface area contributed by atoms with Crippen LogP contribution in [0.4, 0.5) is 0 Å². The summed E-state index contributed by atoms with van der Waals surface area (Å²) in [6.45, 7) is 7.97. The van der Waals surface area contributed by atoms with E-state index in [-0.39, 0.29) is 17.8 Å². The molecule has 0 saturated heterocycles. The number of rotatable bonds is 7. The van der Waals surface area contributed by atoms with Gasteiger partial charge in [0.15, 0.2) is 5.78 Å². The quantitative estimate of drug-likeness (QED) is 0.447. The molecule has 0 aliphatic rings. The van der Waals surface area contributed by atoms with Gasteiger partial charge in [0.1, 0.15) is 0 Å². The molecule has 3 heteroatoms. The van der Waals surface area contributed by atoms with E-state index >= 15 is 0 Å². The first-order valence-electron chi connectivity index (χ1n) is 4.28. The van der Waals surface area contributed by atoms with Crippen LogP contribution in [0.3, 0.4) is 0 Å². The lowest BCUT2D eigenvalue weighted by atomic mass is 9.83. The number of carbonyl (C=O) groups is 2. The number of hydrogen-bond acceptors (Lipinski definition) is 3. The van der Waals surface area contributed by atoms with Gasteiger partial charge in [-0.25, -0.2) is 0 Å². The number of ketones is 1. The van der Waals surface area contributed by atoms with Crippen molar-refractivity contribution in [2.24, 2.45) is 5.41 Å². The predicted molar refractivity (Wildman–Crippen MR) is 50.2 cm³/mol. The Hall–Kier alpha value is -1.12. The third kappa shape index (κ3) is 4.45. The fourth-order valence-electron chi connectivity index (χ4n) is 1.01. The first-order chi connectivity index (χ1) is 6.08. The Kier molecular flexibility index (Phi) is 5.04.